The minimum atomic E-state index is 0.249. The van der Waals surface area contributed by atoms with Gasteiger partial charge in [0, 0.05) is 6.61 Å². The Kier molecular flexibility index (Phi) is 8.96. The molecule has 0 aromatic carbocycles. The Labute approximate surface area is 69.4 Å². The molecule has 0 aliphatic rings. The van der Waals surface area contributed by atoms with Gasteiger partial charge in [-0.25, -0.2) is 0 Å². The molecule has 0 aromatic heterocycles. The van der Waals surface area contributed by atoms with Gasteiger partial charge in [0.15, 0.2) is 0 Å². The van der Waals surface area contributed by atoms with Crippen molar-refractivity contribution in [2.24, 2.45) is 0 Å². The summed E-state index contributed by atoms with van der Waals surface area (Å²) in [5.74, 6) is 0. The van der Waals surface area contributed by atoms with Crippen LogP contribution in [0.2, 0.25) is 0 Å². The average molecular weight is 154 g/mol. The van der Waals surface area contributed by atoms with Crippen LogP contribution in [-0.4, -0.2) is 11.7 Å². The van der Waals surface area contributed by atoms with E-state index < -0.39 is 0 Å². The minimum absolute atomic E-state index is 0.249. The van der Waals surface area contributed by atoms with Crippen LogP contribution in [0.5, 0.6) is 0 Å². The molecule has 1 N–H and O–H groups in total. The summed E-state index contributed by atoms with van der Waals surface area (Å²) in [6, 6.07) is 0. The Morgan fingerprint density at radius 1 is 1.09 bits per heavy atom. The van der Waals surface area contributed by atoms with Crippen molar-refractivity contribution in [2.75, 3.05) is 6.61 Å². The summed E-state index contributed by atoms with van der Waals surface area (Å²) in [6.45, 7) is 2.44. The second-order valence-corrected chi connectivity index (χ2v) is 2.51. The predicted molar refractivity (Wildman–Crippen MR) is 49.5 cm³/mol. The Morgan fingerprint density at radius 2 is 1.73 bits per heavy atom. The first-order valence-corrected chi connectivity index (χ1v) is 4.34. The van der Waals surface area contributed by atoms with Crippen molar-refractivity contribution in [3.05, 3.63) is 24.3 Å². The zero-order valence-corrected chi connectivity index (χ0v) is 7.29. The lowest BCUT2D eigenvalue weighted by atomic mass is 10.2. The van der Waals surface area contributed by atoms with Crippen molar-refractivity contribution in [1.29, 1.82) is 0 Å². The minimum Gasteiger partial charge on any atom is -0.396 e. The highest BCUT2D eigenvalue weighted by molar-refractivity contribution is 5.02. The average Bonchev–Trinajstić information content (AvgIpc) is 2.03. The number of unbranched alkanes of at least 4 members (excludes halogenated alkanes) is 2. The van der Waals surface area contributed by atoms with E-state index in [1.165, 1.54) is 19.3 Å². The SMILES string of the molecule is CCCC/C=C\C=C\CCO. The van der Waals surface area contributed by atoms with Gasteiger partial charge in [-0.05, 0) is 12.8 Å². The Balaban J connectivity index is 3.14. The third-order valence-corrected chi connectivity index (χ3v) is 1.40. The van der Waals surface area contributed by atoms with E-state index in [1.54, 1.807) is 0 Å². The number of hydrogen-bond acceptors (Lipinski definition) is 1. The van der Waals surface area contributed by atoms with Crippen molar-refractivity contribution in [1.82, 2.24) is 0 Å². The van der Waals surface area contributed by atoms with E-state index in [9.17, 15) is 0 Å². The predicted octanol–water partition coefficient (Wildman–Crippen LogP) is 2.67. The molecule has 11 heavy (non-hydrogen) atoms. The number of allylic oxidation sites excluding steroid dienone is 3. The fraction of sp³-hybridized carbons (Fsp3) is 0.600. The summed E-state index contributed by atoms with van der Waals surface area (Å²) in [4.78, 5) is 0. The quantitative estimate of drug-likeness (QED) is 0.460. The summed E-state index contributed by atoms with van der Waals surface area (Å²) in [5, 5.41) is 8.43. The molecule has 0 rings (SSSR count). The first-order valence-electron chi connectivity index (χ1n) is 4.34. The highest BCUT2D eigenvalue weighted by Crippen LogP contribution is 1.94. The van der Waals surface area contributed by atoms with Crippen molar-refractivity contribution < 1.29 is 5.11 Å². The zero-order valence-electron chi connectivity index (χ0n) is 7.29. The van der Waals surface area contributed by atoms with Crippen LogP contribution in [0.3, 0.4) is 0 Å². The standard InChI is InChI=1S/C10H18O/c1-2-3-4-5-6-7-8-9-10-11/h5-8,11H,2-4,9-10H2,1H3/b6-5-,8-7+. The van der Waals surface area contributed by atoms with Gasteiger partial charge in [-0.3, -0.25) is 0 Å². The molecule has 1 heteroatoms. The molecule has 0 unspecified atom stereocenters. The normalized spacial score (nSPS) is 11.8. The number of rotatable bonds is 6. The van der Waals surface area contributed by atoms with E-state index in [-0.39, 0.29) is 6.61 Å². The monoisotopic (exact) mass is 154 g/mol. The molecule has 0 atom stereocenters. The van der Waals surface area contributed by atoms with Gasteiger partial charge in [0.25, 0.3) is 0 Å². The van der Waals surface area contributed by atoms with E-state index in [4.69, 9.17) is 5.11 Å². The molecule has 0 bridgehead atoms. The Hall–Kier alpha value is -0.560. The van der Waals surface area contributed by atoms with Crippen LogP contribution in [0, 0.1) is 0 Å². The van der Waals surface area contributed by atoms with E-state index in [0.29, 0.717) is 0 Å². The molecule has 64 valence electrons. The topological polar surface area (TPSA) is 20.2 Å². The second kappa shape index (κ2) is 9.44. The molecular formula is C10H18O. The van der Waals surface area contributed by atoms with Gasteiger partial charge in [-0.15, -0.1) is 0 Å². The summed E-state index contributed by atoms with van der Waals surface area (Å²) in [7, 11) is 0. The Morgan fingerprint density at radius 3 is 2.27 bits per heavy atom. The van der Waals surface area contributed by atoms with Crippen molar-refractivity contribution in [3.63, 3.8) is 0 Å². The molecule has 0 saturated carbocycles. The van der Waals surface area contributed by atoms with Gasteiger partial charge in [0.2, 0.25) is 0 Å². The lowest BCUT2D eigenvalue weighted by Gasteiger charge is -1.85. The third kappa shape index (κ3) is 9.44. The summed E-state index contributed by atoms with van der Waals surface area (Å²) in [6.07, 6.45) is 12.6. The maximum Gasteiger partial charge on any atom is 0.0465 e. The van der Waals surface area contributed by atoms with Gasteiger partial charge in [-0.1, -0.05) is 44.1 Å². The van der Waals surface area contributed by atoms with Gasteiger partial charge in [0.05, 0.1) is 0 Å². The van der Waals surface area contributed by atoms with Crippen molar-refractivity contribution in [3.8, 4) is 0 Å². The van der Waals surface area contributed by atoms with Crippen LogP contribution < -0.4 is 0 Å². The molecule has 0 aromatic rings. The summed E-state index contributed by atoms with van der Waals surface area (Å²) < 4.78 is 0. The fourth-order valence-corrected chi connectivity index (χ4v) is 0.746. The summed E-state index contributed by atoms with van der Waals surface area (Å²) in [5.41, 5.74) is 0. The lowest BCUT2D eigenvalue weighted by Crippen LogP contribution is -1.73. The van der Waals surface area contributed by atoms with Gasteiger partial charge in [0.1, 0.15) is 0 Å². The summed E-state index contributed by atoms with van der Waals surface area (Å²) >= 11 is 0. The molecule has 1 nitrogen and oxygen atoms in total. The maximum absolute atomic E-state index is 8.43. The molecular weight excluding hydrogens is 136 g/mol. The van der Waals surface area contributed by atoms with Crippen LogP contribution >= 0.6 is 0 Å². The molecule has 0 amide bonds. The van der Waals surface area contributed by atoms with Gasteiger partial charge < -0.3 is 5.11 Å². The van der Waals surface area contributed by atoms with Gasteiger partial charge in [-0.2, -0.15) is 0 Å². The molecule has 0 aliphatic heterocycles. The van der Waals surface area contributed by atoms with E-state index in [1.807, 2.05) is 18.2 Å². The van der Waals surface area contributed by atoms with Crippen LogP contribution in [0.4, 0.5) is 0 Å². The molecule has 0 saturated heterocycles. The van der Waals surface area contributed by atoms with Crippen LogP contribution in [0.1, 0.15) is 32.6 Å². The molecule has 0 spiro atoms. The second-order valence-electron chi connectivity index (χ2n) is 2.51. The van der Waals surface area contributed by atoms with Crippen LogP contribution in [0.15, 0.2) is 24.3 Å². The number of aliphatic hydroxyl groups is 1. The number of hydrogen-bond donors (Lipinski definition) is 1. The van der Waals surface area contributed by atoms with Crippen molar-refractivity contribution in [2.45, 2.75) is 32.6 Å². The third-order valence-electron chi connectivity index (χ3n) is 1.40. The van der Waals surface area contributed by atoms with E-state index in [2.05, 4.69) is 13.0 Å². The van der Waals surface area contributed by atoms with E-state index in [0.717, 1.165) is 6.42 Å². The van der Waals surface area contributed by atoms with Gasteiger partial charge >= 0.3 is 0 Å². The molecule has 0 fully saturated rings. The number of aliphatic hydroxyl groups excluding tert-OH is 1. The first kappa shape index (κ1) is 10.4. The highest BCUT2D eigenvalue weighted by atomic mass is 16.2. The highest BCUT2D eigenvalue weighted by Gasteiger charge is 1.75. The molecule has 0 radical (unpaired) electrons. The molecule has 0 heterocycles. The smallest absolute Gasteiger partial charge is 0.0465 e. The largest absolute Gasteiger partial charge is 0.396 e. The fourth-order valence-electron chi connectivity index (χ4n) is 0.746. The Bertz CT molecular complexity index is 114. The van der Waals surface area contributed by atoms with Crippen LogP contribution in [0.25, 0.3) is 0 Å². The van der Waals surface area contributed by atoms with E-state index >= 15 is 0 Å². The van der Waals surface area contributed by atoms with Crippen molar-refractivity contribution >= 4 is 0 Å². The van der Waals surface area contributed by atoms with Crippen LogP contribution in [-0.2, 0) is 0 Å². The first-order chi connectivity index (χ1) is 5.41. The molecule has 0 aliphatic carbocycles. The maximum atomic E-state index is 8.43. The zero-order chi connectivity index (χ0) is 8.36. The lowest BCUT2D eigenvalue weighted by molar-refractivity contribution is 0.302.